The zero-order chi connectivity index (χ0) is 17.9. The van der Waals surface area contributed by atoms with Crippen LogP contribution in [0.15, 0.2) is 24.3 Å². The molecule has 2 amide bonds. The molecule has 5 nitrogen and oxygen atoms in total. The SMILES string of the molecule is CCC(=O)N1CSCC1C(=O)NC1(Cc2ccc(Cl)cc2)CCOC1. The van der Waals surface area contributed by atoms with Crippen LogP contribution in [0.3, 0.4) is 0 Å². The summed E-state index contributed by atoms with van der Waals surface area (Å²) in [6, 6.07) is 7.29. The summed E-state index contributed by atoms with van der Waals surface area (Å²) >= 11 is 7.58. The summed E-state index contributed by atoms with van der Waals surface area (Å²) in [5, 5.41) is 3.90. The maximum atomic E-state index is 12.9. The number of benzene rings is 1. The highest BCUT2D eigenvalue weighted by Crippen LogP contribution is 2.27. The zero-order valence-corrected chi connectivity index (χ0v) is 15.9. The number of hydrogen-bond donors (Lipinski definition) is 1. The van der Waals surface area contributed by atoms with Gasteiger partial charge in [-0.15, -0.1) is 11.8 Å². The lowest BCUT2D eigenvalue weighted by molar-refractivity contribution is -0.138. The van der Waals surface area contributed by atoms with Crippen LogP contribution in [0.4, 0.5) is 0 Å². The first-order valence-electron chi connectivity index (χ1n) is 8.54. The van der Waals surface area contributed by atoms with Crippen molar-refractivity contribution in [1.29, 1.82) is 0 Å². The van der Waals surface area contributed by atoms with Gasteiger partial charge in [-0.25, -0.2) is 0 Å². The molecule has 25 heavy (non-hydrogen) atoms. The maximum Gasteiger partial charge on any atom is 0.244 e. The summed E-state index contributed by atoms with van der Waals surface area (Å²) in [5.74, 6) is 1.19. The molecule has 7 heteroatoms. The van der Waals surface area contributed by atoms with E-state index in [1.807, 2.05) is 31.2 Å². The van der Waals surface area contributed by atoms with E-state index < -0.39 is 5.54 Å². The lowest BCUT2D eigenvalue weighted by Gasteiger charge is -2.32. The van der Waals surface area contributed by atoms with Gasteiger partial charge in [-0.1, -0.05) is 30.7 Å². The minimum absolute atomic E-state index is 0.0274. The first-order chi connectivity index (χ1) is 12.0. The highest BCUT2D eigenvalue weighted by molar-refractivity contribution is 7.99. The van der Waals surface area contributed by atoms with Gasteiger partial charge < -0.3 is 15.0 Å². The molecule has 0 aliphatic carbocycles. The molecule has 2 atom stereocenters. The van der Waals surface area contributed by atoms with E-state index in [2.05, 4.69) is 5.32 Å². The van der Waals surface area contributed by atoms with Crippen molar-refractivity contribution in [3.8, 4) is 0 Å². The normalized spacial score (nSPS) is 26.0. The number of carbonyl (C=O) groups is 2. The third kappa shape index (κ3) is 4.30. The van der Waals surface area contributed by atoms with Gasteiger partial charge in [-0.2, -0.15) is 0 Å². The Hall–Kier alpha value is -1.24. The minimum Gasteiger partial charge on any atom is -0.379 e. The van der Waals surface area contributed by atoms with Crippen LogP contribution in [0.2, 0.25) is 5.02 Å². The Morgan fingerprint density at radius 3 is 2.80 bits per heavy atom. The van der Waals surface area contributed by atoms with E-state index in [4.69, 9.17) is 16.3 Å². The quantitative estimate of drug-likeness (QED) is 0.849. The molecule has 0 aromatic heterocycles. The molecule has 2 heterocycles. The number of halogens is 1. The van der Waals surface area contributed by atoms with Crippen molar-refractivity contribution in [2.75, 3.05) is 24.8 Å². The second-order valence-corrected chi connectivity index (χ2v) is 8.04. The molecule has 2 fully saturated rings. The van der Waals surface area contributed by atoms with E-state index in [-0.39, 0.29) is 17.9 Å². The van der Waals surface area contributed by atoms with Gasteiger partial charge in [0.15, 0.2) is 0 Å². The maximum absolute atomic E-state index is 12.9. The smallest absolute Gasteiger partial charge is 0.244 e. The van der Waals surface area contributed by atoms with Gasteiger partial charge in [0.25, 0.3) is 0 Å². The Bertz CT molecular complexity index is 632. The number of carbonyl (C=O) groups excluding carboxylic acids is 2. The molecule has 1 aromatic carbocycles. The van der Waals surface area contributed by atoms with Crippen LogP contribution in [0, 0.1) is 0 Å². The van der Waals surface area contributed by atoms with Crippen LogP contribution in [0.25, 0.3) is 0 Å². The Kier molecular flexibility index (Phi) is 5.92. The fraction of sp³-hybridized carbons (Fsp3) is 0.556. The Labute approximate surface area is 157 Å². The Balaban J connectivity index is 1.71. The molecule has 2 saturated heterocycles. The van der Waals surface area contributed by atoms with Crippen LogP contribution in [0.5, 0.6) is 0 Å². The highest BCUT2D eigenvalue weighted by Gasteiger charge is 2.41. The van der Waals surface area contributed by atoms with Gasteiger partial charge in [0.1, 0.15) is 6.04 Å². The van der Waals surface area contributed by atoms with Crippen LogP contribution in [0.1, 0.15) is 25.3 Å². The van der Waals surface area contributed by atoms with Crippen molar-refractivity contribution in [3.63, 3.8) is 0 Å². The molecule has 1 aromatic rings. The molecule has 0 radical (unpaired) electrons. The molecular weight excluding hydrogens is 360 g/mol. The molecule has 2 aliphatic heterocycles. The van der Waals surface area contributed by atoms with Crippen LogP contribution in [-0.2, 0) is 20.7 Å². The first kappa shape index (κ1) is 18.5. The van der Waals surface area contributed by atoms with E-state index >= 15 is 0 Å². The zero-order valence-electron chi connectivity index (χ0n) is 14.3. The van der Waals surface area contributed by atoms with Crippen LogP contribution in [-0.4, -0.2) is 53.1 Å². The number of nitrogens with zero attached hydrogens (tertiary/aromatic N) is 1. The predicted octanol–water partition coefficient (Wildman–Crippen LogP) is 2.47. The van der Waals surface area contributed by atoms with Crippen molar-refractivity contribution >= 4 is 35.2 Å². The van der Waals surface area contributed by atoms with E-state index in [0.29, 0.717) is 42.7 Å². The lowest BCUT2D eigenvalue weighted by Crippen LogP contribution is -2.57. The standard InChI is InChI=1S/C18H23ClN2O3S/c1-2-16(22)21-12-25-10-15(21)17(23)20-18(7-8-24-11-18)9-13-3-5-14(19)6-4-13/h3-6,15H,2,7-12H2,1H3,(H,20,23). The summed E-state index contributed by atoms with van der Waals surface area (Å²) in [7, 11) is 0. The number of ether oxygens (including phenoxy) is 1. The molecule has 0 spiro atoms. The lowest BCUT2D eigenvalue weighted by atomic mass is 9.89. The second kappa shape index (κ2) is 7.98. The molecule has 136 valence electrons. The van der Waals surface area contributed by atoms with Gasteiger partial charge in [0, 0.05) is 23.8 Å². The van der Waals surface area contributed by atoms with Crippen molar-refractivity contribution in [1.82, 2.24) is 10.2 Å². The highest BCUT2D eigenvalue weighted by atomic mass is 35.5. The van der Waals surface area contributed by atoms with E-state index in [1.54, 1.807) is 16.7 Å². The van der Waals surface area contributed by atoms with Gasteiger partial charge in [-0.05, 0) is 30.5 Å². The van der Waals surface area contributed by atoms with Gasteiger partial charge in [-0.3, -0.25) is 9.59 Å². The Morgan fingerprint density at radius 2 is 2.16 bits per heavy atom. The fourth-order valence-corrected chi connectivity index (χ4v) is 4.64. The topological polar surface area (TPSA) is 58.6 Å². The number of nitrogens with one attached hydrogen (secondary N) is 1. The predicted molar refractivity (Wildman–Crippen MR) is 99.7 cm³/mol. The Morgan fingerprint density at radius 1 is 1.40 bits per heavy atom. The fourth-order valence-electron chi connectivity index (χ4n) is 3.34. The number of rotatable bonds is 5. The van der Waals surface area contributed by atoms with Crippen molar-refractivity contribution in [3.05, 3.63) is 34.9 Å². The molecule has 1 N–H and O–H groups in total. The molecule has 2 unspecified atom stereocenters. The molecule has 0 bridgehead atoms. The number of thioether (sulfide) groups is 1. The summed E-state index contributed by atoms with van der Waals surface area (Å²) < 4.78 is 5.59. The molecule has 3 rings (SSSR count). The summed E-state index contributed by atoms with van der Waals surface area (Å²) in [6.07, 6.45) is 1.88. The second-order valence-electron chi connectivity index (χ2n) is 6.61. The van der Waals surface area contributed by atoms with Crippen molar-refractivity contribution in [2.45, 2.75) is 37.8 Å². The average Bonchev–Trinajstić information content (AvgIpc) is 3.26. The van der Waals surface area contributed by atoms with Gasteiger partial charge in [0.05, 0.1) is 18.0 Å². The molecular formula is C18H23ClN2O3S. The minimum atomic E-state index is -0.418. The third-order valence-electron chi connectivity index (χ3n) is 4.76. The van der Waals surface area contributed by atoms with Crippen molar-refractivity contribution in [2.24, 2.45) is 0 Å². The van der Waals surface area contributed by atoms with Crippen molar-refractivity contribution < 1.29 is 14.3 Å². The molecule has 2 aliphatic rings. The van der Waals surface area contributed by atoms with Crippen LogP contribution >= 0.6 is 23.4 Å². The largest absolute Gasteiger partial charge is 0.379 e. The molecule has 0 saturated carbocycles. The summed E-state index contributed by atoms with van der Waals surface area (Å²) in [6.45, 7) is 2.95. The van der Waals surface area contributed by atoms with Gasteiger partial charge >= 0.3 is 0 Å². The van der Waals surface area contributed by atoms with Crippen LogP contribution < -0.4 is 5.32 Å². The first-order valence-corrected chi connectivity index (χ1v) is 10.1. The average molecular weight is 383 g/mol. The number of hydrogen-bond acceptors (Lipinski definition) is 4. The summed E-state index contributed by atoms with van der Waals surface area (Å²) in [4.78, 5) is 26.6. The van der Waals surface area contributed by atoms with E-state index in [9.17, 15) is 9.59 Å². The van der Waals surface area contributed by atoms with E-state index in [0.717, 1.165) is 12.0 Å². The van der Waals surface area contributed by atoms with E-state index in [1.165, 1.54) is 0 Å². The summed E-state index contributed by atoms with van der Waals surface area (Å²) in [5.41, 5.74) is 0.691. The monoisotopic (exact) mass is 382 g/mol. The third-order valence-corrected chi connectivity index (χ3v) is 6.02. The number of amides is 2. The van der Waals surface area contributed by atoms with Gasteiger partial charge in [0.2, 0.25) is 11.8 Å².